The van der Waals surface area contributed by atoms with Gasteiger partial charge in [-0.1, -0.05) is 6.07 Å². The van der Waals surface area contributed by atoms with Crippen LogP contribution < -0.4 is 4.90 Å². The fourth-order valence-electron chi connectivity index (χ4n) is 4.93. The molecule has 1 aromatic carbocycles. The zero-order valence-corrected chi connectivity index (χ0v) is 20.6. The van der Waals surface area contributed by atoms with Crippen LogP contribution in [-0.4, -0.2) is 57.1 Å². The van der Waals surface area contributed by atoms with Gasteiger partial charge < -0.3 is 10.0 Å². The highest BCUT2D eigenvalue weighted by molar-refractivity contribution is 7.92. The lowest BCUT2D eigenvalue weighted by molar-refractivity contribution is -0.140. The lowest BCUT2D eigenvalue weighted by Crippen LogP contribution is -2.38. The van der Waals surface area contributed by atoms with Crippen LogP contribution in [0.2, 0.25) is 0 Å². The smallest absolute Gasteiger partial charge is 0.417 e. The number of hydrogen-bond donors (Lipinski definition) is 1. The average Bonchev–Trinajstić information content (AvgIpc) is 3.42. The summed E-state index contributed by atoms with van der Waals surface area (Å²) in [6.07, 6.45) is -0.0109. The van der Waals surface area contributed by atoms with Crippen LogP contribution in [0.1, 0.15) is 43.0 Å². The highest BCUT2D eigenvalue weighted by Gasteiger charge is 2.47. The second kappa shape index (κ2) is 9.12. The molecule has 1 saturated carbocycles. The monoisotopic (exact) mass is 535 g/mol. The predicted octanol–water partition coefficient (Wildman–Crippen LogP) is 3.90. The number of carbonyl (C=O) groups is 1. The van der Waals surface area contributed by atoms with Gasteiger partial charge in [-0.2, -0.15) is 18.3 Å². The van der Waals surface area contributed by atoms with E-state index in [-0.39, 0.29) is 30.3 Å². The summed E-state index contributed by atoms with van der Waals surface area (Å²) < 4.78 is 71.2. The van der Waals surface area contributed by atoms with E-state index in [0.29, 0.717) is 11.5 Å². The van der Waals surface area contributed by atoms with Gasteiger partial charge in [-0.3, -0.25) is 0 Å². The molecule has 1 aliphatic heterocycles. The van der Waals surface area contributed by atoms with E-state index in [1.165, 1.54) is 29.6 Å². The molecule has 5 rings (SSSR count). The summed E-state index contributed by atoms with van der Waals surface area (Å²) in [6, 6.07) is 4.93. The molecule has 3 heterocycles. The number of hydrogen-bond acceptors (Lipinski definition) is 7. The van der Waals surface area contributed by atoms with Gasteiger partial charge in [0, 0.05) is 24.4 Å². The van der Waals surface area contributed by atoms with Crippen LogP contribution >= 0.6 is 0 Å². The third-order valence-corrected chi connectivity index (χ3v) is 9.20. The summed E-state index contributed by atoms with van der Waals surface area (Å²) in [5, 5.41) is 13.0. The van der Waals surface area contributed by atoms with Crippen LogP contribution in [0, 0.1) is 6.92 Å². The van der Waals surface area contributed by atoms with Gasteiger partial charge in [0.15, 0.2) is 9.84 Å². The first kappa shape index (κ1) is 25.2. The van der Waals surface area contributed by atoms with Crippen molar-refractivity contribution in [2.45, 2.75) is 61.0 Å². The molecule has 2 aliphatic rings. The Morgan fingerprint density at radius 3 is 2.51 bits per heavy atom. The predicted molar refractivity (Wildman–Crippen MR) is 127 cm³/mol. The first-order valence-electron chi connectivity index (χ1n) is 11.7. The second-order valence-corrected chi connectivity index (χ2v) is 11.6. The number of carboxylic acids is 1. The van der Waals surface area contributed by atoms with Crippen molar-refractivity contribution in [2.24, 2.45) is 0 Å². The number of sulfone groups is 1. The van der Waals surface area contributed by atoms with Gasteiger partial charge in [0.05, 0.1) is 33.1 Å². The first-order valence-corrected chi connectivity index (χ1v) is 13.3. The van der Waals surface area contributed by atoms with E-state index in [2.05, 4.69) is 15.1 Å². The van der Waals surface area contributed by atoms with Gasteiger partial charge in [0.2, 0.25) is 0 Å². The molecule has 2 fully saturated rings. The molecular formula is C24H24F3N5O4S. The Morgan fingerprint density at radius 1 is 1.16 bits per heavy atom. The third kappa shape index (κ3) is 4.56. The minimum Gasteiger partial charge on any atom is -0.480 e. The summed E-state index contributed by atoms with van der Waals surface area (Å²) in [5.74, 6) is -0.769. The Hall–Kier alpha value is -3.48. The van der Waals surface area contributed by atoms with Crippen molar-refractivity contribution in [2.75, 3.05) is 11.4 Å². The van der Waals surface area contributed by atoms with Crippen LogP contribution in [0.3, 0.4) is 0 Å². The molecule has 196 valence electrons. The second-order valence-electron chi connectivity index (χ2n) is 9.39. The van der Waals surface area contributed by atoms with E-state index in [1.807, 2.05) is 0 Å². The van der Waals surface area contributed by atoms with Gasteiger partial charge in [-0.25, -0.2) is 27.9 Å². The number of aliphatic carboxylic acids is 1. The van der Waals surface area contributed by atoms with Crippen molar-refractivity contribution < 1.29 is 31.5 Å². The lowest BCUT2D eigenvalue weighted by atomic mass is 9.93. The molecule has 9 nitrogen and oxygen atoms in total. The summed E-state index contributed by atoms with van der Waals surface area (Å²) >= 11 is 0. The molecule has 0 unspecified atom stereocenters. The van der Waals surface area contributed by atoms with Gasteiger partial charge in [0.1, 0.15) is 18.2 Å². The maximum absolute atomic E-state index is 14.1. The summed E-state index contributed by atoms with van der Waals surface area (Å²) in [4.78, 5) is 20.4. The molecular weight excluding hydrogens is 511 g/mol. The van der Waals surface area contributed by atoms with Crippen molar-refractivity contribution >= 4 is 21.6 Å². The molecule has 1 saturated heterocycles. The quantitative estimate of drug-likeness (QED) is 0.505. The normalized spacial score (nSPS) is 20.7. The Kier molecular flexibility index (Phi) is 6.21. The minimum absolute atomic E-state index is 0.0833. The van der Waals surface area contributed by atoms with E-state index in [4.69, 9.17) is 0 Å². The van der Waals surface area contributed by atoms with E-state index >= 15 is 0 Å². The van der Waals surface area contributed by atoms with E-state index in [0.717, 1.165) is 31.4 Å². The van der Waals surface area contributed by atoms with Crippen molar-refractivity contribution in [3.8, 4) is 11.3 Å². The van der Waals surface area contributed by atoms with Crippen LogP contribution in [0.15, 0.2) is 47.8 Å². The van der Waals surface area contributed by atoms with Crippen molar-refractivity contribution in [1.29, 1.82) is 0 Å². The molecule has 1 aliphatic carbocycles. The van der Waals surface area contributed by atoms with Crippen molar-refractivity contribution in [3.63, 3.8) is 0 Å². The zero-order valence-electron chi connectivity index (χ0n) is 19.8. The minimum atomic E-state index is -4.96. The fourth-order valence-corrected chi connectivity index (χ4v) is 6.82. The number of rotatable bonds is 6. The largest absolute Gasteiger partial charge is 0.480 e. The maximum Gasteiger partial charge on any atom is 0.417 e. The van der Waals surface area contributed by atoms with Crippen molar-refractivity contribution in [1.82, 2.24) is 19.7 Å². The summed E-state index contributed by atoms with van der Waals surface area (Å²) in [6.45, 7) is 1.50. The molecule has 2 atom stereocenters. The molecule has 2 aromatic heterocycles. The zero-order chi connectivity index (χ0) is 26.5. The van der Waals surface area contributed by atoms with Crippen LogP contribution in [0.5, 0.6) is 0 Å². The van der Waals surface area contributed by atoms with E-state index in [9.17, 15) is 31.5 Å². The Labute approximate surface area is 210 Å². The number of anilines is 1. The number of alkyl halides is 3. The molecule has 13 heteroatoms. The number of nitrogens with zero attached hydrogens (tertiary/aromatic N) is 5. The van der Waals surface area contributed by atoms with Crippen molar-refractivity contribution in [3.05, 3.63) is 54.1 Å². The molecule has 0 radical (unpaired) electrons. The summed E-state index contributed by atoms with van der Waals surface area (Å²) in [7, 11) is -4.56. The maximum atomic E-state index is 14.1. The Morgan fingerprint density at radius 2 is 1.92 bits per heavy atom. The number of aryl methyl sites for hydroxylation is 1. The highest BCUT2D eigenvalue weighted by Crippen LogP contribution is 2.41. The fraction of sp³-hybridized carbons (Fsp3) is 0.417. The molecule has 0 amide bonds. The number of halogens is 3. The number of aromatic nitrogens is 4. The average molecular weight is 536 g/mol. The standard InChI is InChI=1S/C24H24F3N5O4S/c1-14-9-22(32(30-14)16-3-2-4-16)31-12-17(11-20(31)23(33)34)37(35,36)21-6-5-15(10-18(21)24(25,26)27)19-7-8-28-13-29-19/h5-10,13,16-17,20H,2-4,11-12H2,1H3,(H,33,34)/t17-,20+/m1/s1. The van der Waals surface area contributed by atoms with E-state index in [1.54, 1.807) is 17.7 Å². The molecule has 0 bridgehead atoms. The first-order chi connectivity index (χ1) is 17.5. The Balaban J connectivity index is 1.54. The number of benzene rings is 1. The third-order valence-electron chi connectivity index (χ3n) is 7.01. The SMILES string of the molecule is Cc1cc(N2C[C@H](S(=O)(=O)c3ccc(-c4ccncn4)cc3C(F)(F)F)C[C@H]2C(=O)O)n(C2CCC2)n1. The van der Waals surface area contributed by atoms with Gasteiger partial charge >= 0.3 is 12.1 Å². The highest BCUT2D eigenvalue weighted by atomic mass is 32.2. The molecule has 0 spiro atoms. The number of carboxylic acid groups (broad SMARTS) is 1. The van der Waals surface area contributed by atoms with Gasteiger partial charge in [0.25, 0.3) is 0 Å². The van der Waals surface area contributed by atoms with Crippen LogP contribution in [0.25, 0.3) is 11.3 Å². The van der Waals surface area contributed by atoms with E-state index < -0.39 is 43.7 Å². The van der Waals surface area contributed by atoms with Gasteiger partial charge in [-0.05, 0) is 50.8 Å². The molecule has 3 aromatic rings. The molecule has 1 N–H and O–H groups in total. The molecule has 37 heavy (non-hydrogen) atoms. The summed E-state index contributed by atoms with van der Waals surface area (Å²) in [5.41, 5.74) is -0.367. The van der Waals surface area contributed by atoms with Crippen LogP contribution in [-0.2, 0) is 20.8 Å². The lowest BCUT2D eigenvalue weighted by Gasteiger charge is -2.31. The topological polar surface area (TPSA) is 118 Å². The van der Waals surface area contributed by atoms with Crippen LogP contribution in [0.4, 0.5) is 19.0 Å². The Bertz CT molecular complexity index is 1440. The van der Waals surface area contributed by atoms with Gasteiger partial charge in [-0.15, -0.1) is 0 Å².